The highest BCUT2D eigenvalue weighted by Crippen LogP contribution is 2.06. The van der Waals surface area contributed by atoms with Gasteiger partial charge in [0.25, 0.3) is 0 Å². The van der Waals surface area contributed by atoms with Crippen molar-refractivity contribution in [2.24, 2.45) is 5.92 Å². The number of rotatable bonds is 7. The number of carboxylic acids is 1. The normalized spacial score (nSPS) is 12.2. The van der Waals surface area contributed by atoms with E-state index in [1.165, 1.54) is 4.90 Å². The van der Waals surface area contributed by atoms with Gasteiger partial charge >= 0.3 is 5.97 Å². The summed E-state index contributed by atoms with van der Waals surface area (Å²) < 4.78 is 0. The van der Waals surface area contributed by atoms with Crippen molar-refractivity contribution in [2.45, 2.75) is 26.7 Å². The first kappa shape index (κ1) is 14.3. The Labute approximate surface area is 96.1 Å². The lowest BCUT2D eigenvalue weighted by atomic mass is 10.1. The molecule has 0 bridgehead atoms. The summed E-state index contributed by atoms with van der Waals surface area (Å²) in [4.78, 5) is 23.7. The zero-order valence-corrected chi connectivity index (χ0v) is 10.2. The lowest BCUT2D eigenvalue weighted by Crippen LogP contribution is -2.40. The van der Waals surface area contributed by atoms with Crippen molar-refractivity contribution < 1.29 is 14.7 Å². The molecule has 0 aliphatic heterocycles. The van der Waals surface area contributed by atoms with Gasteiger partial charge < -0.3 is 10.0 Å². The Balaban J connectivity index is 4.32. The lowest BCUT2D eigenvalue weighted by Gasteiger charge is -2.23. The highest BCUT2D eigenvalue weighted by Gasteiger charge is 2.20. The molecule has 1 atom stereocenters. The van der Waals surface area contributed by atoms with Gasteiger partial charge in [0.05, 0.1) is 0 Å². The number of hydrogen-bond donors (Lipinski definition) is 2. The first-order valence-electron chi connectivity index (χ1n) is 5.14. The topological polar surface area (TPSA) is 57.6 Å². The Morgan fingerprint density at radius 1 is 1.47 bits per heavy atom. The van der Waals surface area contributed by atoms with Crippen LogP contribution in [0.1, 0.15) is 26.7 Å². The van der Waals surface area contributed by atoms with Crippen LogP contribution in [0.4, 0.5) is 0 Å². The molecule has 1 N–H and O–H groups in total. The van der Waals surface area contributed by atoms with Gasteiger partial charge in [-0.2, -0.15) is 12.6 Å². The number of carbonyl (C=O) groups is 2. The maximum Gasteiger partial charge on any atom is 0.323 e. The summed E-state index contributed by atoms with van der Waals surface area (Å²) in [6.45, 7) is 4.07. The van der Waals surface area contributed by atoms with Crippen molar-refractivity contribution in [2.75, 3.05) is 18.8 Å². The van der Waals surface area contributed by atoms with E-state index in [4.69, 9.17) is 5.11 Å². The molecule has 88 valence electrons. The average Bonchev–Trinajstić information content (AvgIpc) is 2.21. The largest absolute Gasteiger partial charge is 0.480 e. The molecule has 0 aromatic carbocycles. The molecule has 0 fully saturated rings. The summed E-state index contributed by atoms with van der Waals surface area (Å²) in [5.74, 6) is -0.864. The molecule has 0 aromatic rings. The second-order valence-electron chi connectivity index (χ2n) is 3.59. The molecule has 1 amide bonds. The first-order valence-corrected chi connectivity index (χ1v) is 5.77. The molecular formula is C10H19NO3S. The van der Waals surface area contributed by atoms with E-state index in [0.717, 1.165) is 12.8 Å². The van der Waals surface area contributed by atoms with Gasteiger partial charge in [-0.15, -0.1) is 0 Å². The van der Waals surface area contributed by atoms with Crippen molar-refractivity contribution in [3.63, 3.8) is 0 Å². The maximum atomic E-state index is 11.7. The van der Waals surface area contributed by atoms with Gasteiger partial charge in [0.2, 0.25) is 5.91 Å². The minimum absolute atomic E-state index is 0.124. The summed E-state index contributed by atoms with van der Waals surface area (Å²) in [7, 11) is 0. The summed E-state index contributed by atoms with van der Waals surface area (Å²) in [6, 6.07) is 0. The van der Waals surface area contributed by atoms with Gasteiger partial charge in [-0.25, -0.2) is 0 Å². The van der Waals surface area contributed by atoms with Crippen LogP contribution in [0.3, 0.4) is 0 Å². The standard InChI is InChI=1S/C10H19NO3S/c1-3-4-5-11(6-9(12)13)10(14)8(2)7-15/h8,15H,3-7H2,1-2H3,(H,12,13)/t8-/m0/s1. The van der Waals surface area contributed by atoms with E-state index >= 15 is 0 Å². The van der Waals surface area contributed by atoms with E-state index in [0.29, 0.717) is 12.3 Å². The molecule has 0 saturated carbocycles. The fraction of sp³-hybridized carbons (Fsp3) is 0.800. The third kappa shape index (κ3) is 5.67. The second-order valence-corrected chi connectivity index (χ2v) is 3.96. The number of aliphatic carboxylic acids is 1. The molecule has 15 heavy (non-hydrogen) atoms. The van der Waals surface area contributed by atoms with Crippen LogP contribution >= 0.6 is 12.6 Å². The van der Waals surface area contributed by atoms with Crippen LogP contribution in [-0.2, 0) is 9.59 Å². The fourth-order valence-electron chi connectivity index (χ4n) is 1.17. The Kier molecular flexibility index (Phi) is 7.21. The van der Waals surface area contributed by atoms with Gasteiger partial charge in [0, 0.05) is 18.2 Å². The zero-order valence-electron chi connectivity index (χ0n) is 9.27. The Morgan fingerprint density at radius 3 is 2.47 bits per heavy atom. The highest BCUT2D eigenvalue weighted by molar-refractivity contribution is 7.80. The molecular weight excluding hydrogens is 214 g/mol. The van der Waals surface area contributed by atoms with E-state index in [1.807, 2.05) is 6.92 Å². The first-order chi connectivity index (χ1) is 7.02. The molecule has 0 heterocycles. The fourth-order valence-corrected chi connectivity index (χ4v) is 1.33. The van der Waals surface area contributed by atoms with Crippen LogP contribution in [0.5, 0.6) is 0 Å². The molecule has 0 aliphatic rings. The molecule has 0 aromatic heterocycles. The van der Waals surface area contributed by atoms with Crippen LogP contribution in [0, 0.1) is 5.92 Å². The molecule has 0 rings (SSSR count). The van der Waals surface area contributed by atoms with Crippen LogP contribution in [0.25, 0.3) is 0 Å². The van der Waals surface area contributed by atoms with Crippen molar-refractivity contribution >= 4 is 24.5 Å². The Hall–Kier alpha value is -0.710. The quantitative estimate of drug-likeness (QED) is 0.651. The number of unbranched alkanes of at least 4 members (excludes halogenated alkanes) is 1. The van der Waals surface area contributed by atoms with Crippen molar-refractivity contribution in [1.29, 1.82) is 0 Å². The second kappa shape index (κ2) is 7.56. The highest BCUT2D eigenvalue weighted by atomic mass is 32.1. The van der Waals surface area contributed by atoms with Crippen LogP contribution in [0.2, 0.25) is 0 Å². The molecule has 0 spiro atoms. The monoisotopic (exact) mass is 233 g/mol. The van der Waals surface area contributed by atoms with E-state index in [-0.39, 0.29) is 18.4 Å². The Morgan fingerprint density at radius 2 is 2.07 bits per heavy atom. The minimum atomic E-state index is -0.967. The van der Waals surface area contributed by atoms with Gasteiger partial charge in [0.15, 0.2) is 0 Å². The smallest absolute Gasteiger partial charge is 0.323 e. The molecule has 0 unspecified atom stereocenters. The third-order valence-electron chi connectivity index (χ3n) is 2.11. The molecule has 0 saturated heterocycles. The van der Waals surface area contributed by atoms with Gasteiger partial charge in [-0.05, 0) is 6.42 Å². The summed E-state index contributed by atoms with van der Waals surface area (Å²) >= 11 is 4.04. The molecule has 5 heteroatoms. The van der Waals surface area contributed by atoms with Gasteiger partial charge in [-0.1, -0.05) is 20.3 Å². The van der Waals surface area contributed by atoms with Gasteiger partial charge in [-0.3, -0.25) is 9.59 Å². The van der Waals surface area contributed by atoms with Crippen molar-refractivity contribution in [3.05, 3.63) is 0 Å². The lowest BCUT2D eigenvalue weighted by molar-refractivity contribution is -0.145. The van der Waals surface area contributed by atoms with Crippen LogP contribution in [-0.4, -0.2) is 40.7 Å². The van der Waals surface area contributed by atoms with Crippen LogP contribution < -0.4 is 0 Å². The molecule has 4 nitrogen and oxygen atoms in total. The third-order valence-corrected chi connectivity index (χ3v) is 2.66. The van der Waals surface area contributed by atoms with E-state index in [2.05, 4.69) is 12.6 Å². The van der Waals surface area contributed by atoms with E-state index < -0.39 is 5.97 Å². The summed E-state index contributed by atoms with van der Waals surface area (Å²) in [6.07, 6.45) is 1.77. The van der Waals surface area contributed by atoms with E-state index in [1.54, 1.807) is 6.92 Å². The predicted octanol–water partition coefficient (Wildman–Crippen LogP) is 1.27. The van der Waals surface area contributed by atoms with Crippen molar-refractivity contribution in [1.82, 2.24) is 4.90 Å². The molecule has 0 aliphatic carbocycles. The number of hydrogen-bond acceptors (Lipinski definition) is 3. The van der Waals surface area contributed by atoms with E-state index in [9.17, 15) is 9.59 Å². The van der Waals surface area contributed by atoms with Crippen LogP contribution in [0.15, 0.2) is 0 Å². The van der Waals surface area contributed by atoms with Gasteiger partial charge in [0.1, 0.15) is 6.54 Å². The average molecular weight is 233 g/mol. The SMILES string of the molecule is CCCCN(CC(=O)O)C(=O)[C@@H](C)CS. The maximum absolute atomic E-state index is 11.7. The Bertz CT molecular complexity index is 221. The number of amides is 1. The number of nitrogens with zero attached hydrogens (tertiary/aromatic N) is 1. The molecule has 0 radical (unpaired) electrons. The predicted molar refractivity (Wildman–Crippen MR) is 62.1 cm³/mol. The number of thiol groups is 1. The summed E-state index contributed by atoms with van der Waals surface area (Å²) in [5.41, 5.74) is 0. The van der Waals surface area contributed by atoms with Crippen molar-refractivity contribution in [3.8, 4) is 0 Å². The number of carbonyl (C=O) groups excluding carboxylic acids is 1. The summed E-state index contributed by atoms with van der Waals surface area (Å²) in [5, 5.41) is 8.67. The minimum Gasteiger partial charge on any atom is -0.480 e. The zero-order chi connectivity index (χ0) is 11.8. The number of carboxylic acid groups (broad SMARTS) is 1.